The number of unbranched alkanes of at least 4 members (excludes halogenated alkanes) is 1. The summed E-state index contributed by atoms with van der Waals surface area (Å²) < 4.78 is 4.72. The van der Waals surface area contributed by atoms with Gasteiger partial charge < -0.3 is 15.0 Å². The second-order valence-electron chi connectivity index (χ2n) is 5.12. The number of nitrogens with one attached hydrogen (secondary N) is 1. The number of hydrogen-bond acceptors (Lipinski definition) is 3. The molecule has 118 valence electrons. The van der Waals surface area contributed by atoms with Crippen LogP contribution in [0.15, 0.2) is 30.3 Å². The molecule has 0 saturated carbocycles. The van der Waals surface area contributed by atoms with Crippen molar-refractivity contribution in [3.05, 3.63) is 35.9 Å². The van der Waals surface area contributed by atoms with Crippen LogP contribution in [0.2, 0.25) is 0 Å². The molecule has 0 aliphatic heterocycles. The van der Waals surface area contributed by atoms with Crippen LogP contribution >= 0.6 is 0 Å². The van der Waals surface area contributed by atoms with Gasteiger partial charge in [0.05, 0.1) is 13.2 Å². The van der Waals surface area contributed by atoms with Crippen LogP contribution in [0.25, 0.3) is 0 Å². The van der Waals surface area contributed by atoms with E-state index in [4.69, 9.17) is 4.74 Å². The predicted molar refractivity (Wildman–Crippen MR) is 86.4 cm³/mol. The van der Waals surface area contributed by atoms with E-state index in [9.17, 15) is 4.79 Å². The highest BCUT2D eigenvalue weighted by atomic mass is 16.5. The van der Waals surface area contributed by atoms with Gasteiger partial charge in [-0.1, -0.05) is 44.2 Å². The number of amides is 1. The van der Waals surface area contributed by atoms with Crippen molar-refractivity contribution in [1.29, 1.82) is 0 Å². The van der Waals surface area contributed by atoms with E-state index < -0.39 is 0 Å². The second-order valence-corrected chi connectivity index (χ2v) is 5.12. The Morgan fingerprint density at radius 1 is 1.19 bits per heavy atom. The molecule has 0 heterocycles. The van der Waals surface area contributed by atoms with Gasteiger partial charge in [0.2, 0.25) is 0 Å². The average molecular weight is 292 g/mol. The lowest BCUT2D eigenvalue weighted by atomic mass is 10.0. The summed E-state index contributed by atoms with van der Waals surface area (Å²) in [5.74, 6) is 0. The van der Waals surface area contributed by atoms with Gasteiger partial charge in [-0.05, 0) is 44.5 Å². The third-order valence-corrected chi connectivity index (χ3v) is 3.79. The zero-order valence-electron chi connectivity index (χ0n) is 13.5. The molecule has 1 aromatic carbocycles. The van der Waals surface area contributed by atoms with E-state index >= 15 is 0 Å². The van der Waals surface area contributed by atoms with E-state index in [1.54, 1.807) is 0 Å². The number of hydrogen-bond donors (Lipinski definition) is 1. The molecule has 1 aromatic rings. The molecule has 1 rings (SSSR count). The molecule has 0 fully saturated rings. The number of ether oxygens (including phenoxy) is 1. The maximum absolute atomic E-state index is 11.5. The van der Waals surface area contributed by atoms with Crippen molar-refractivity contribution in [1.82, 2.24) is 10.2 Å². The maximum atomic E-state index is 11.5. The van der Waals surface area contributed by atoms with Gasteiger partial charge in [0.1, 0.15) is 0 Å². The standard InChI is InChI=1S/C17H28N2O2/c1-4-19(5-2)14-10-9-13-16(18-17(20)21-3)15-11-7-6-8-12-15/h6-8,11-12,16H,4-5,9-10,13-14H2,1-3H3,(H,18,20). The first-order valence-corrected chi connectivity index (χ1v) is 7.83. The lowest BCUT2D eigenvalue weighted by molar-refractivity contribution is 0.165. The summed E-state index contributed by atoms with van der Waals surface area (Å²) in [6, 6.07) is 10.1. The first-order valence-electron chi connectivity index (χ1n) is 7.83. The summed E-state index contributed by atoms with van der Waals surface area (Å²) >= 11 is 0. The first kappa shape index (κ1) is 17.5. The number of carbonyl (C=O) groups is 1. The lowest BCUT2D eigenvalue weighted by Crippen LogP contribution is -2.28. The average Bonchev–Trinajstić information content (AvgIpc) is 2.54. The Kier molecular flexibility index (Phi) is 8.51. The molecule has 0 aliphatic rings. The fourth-order valence-electron chi connectivity index (χ4n) is 2.43. The third-order valence-electron chi connectivity index (χ3n) is 3.79. The van der Waals surface area contributed by atoms with Crippen LogP contribution in [0.3, 0.4) is 0 Å². The molecular weight excluding hydrogens is 264 g/mol. The Balaban J connectivity index is 2.48. The fraction of sp³-hybridized carbons (Fsp3) is 0.588. The van der Waals surface area contributed by atoms with Gasteiger partial charge in [0.25, 0.3) is 0 Å². The molecule has 4 nitrogen and oxygen atoms in total. The Morgan fingerprint density at radius 3 is 2.43 bits per heavy atom. The Hall–Kier alpha value is -1.55. The highest BCUT2D eigenvalue weighted by Gasteiger charge is 2.14. The van der Waals surface area contributed by atoms with Crippen LogP contribution in [0.4, 0.5) is 4.79 Å². The molecule has 1 N–H and O–H groups in total. The van der Waals surface area contributed by atoms with E-state index in [0.717, 1.165) is 44.5 Å². The number of alkyl carbamates (subject to hydrolysis) is 1. The predicted octanol–water partition coefficient (Wildman–Crippen LogP) is 3.60. The third kappa shape index (κ3) is 6.63. The van der Waals surface area contributed by atoms with Crippen molar-refractivity contribution in [2.45, 2.75) is 39.2 Å². The molecule has 1 atom stereocenters. The molecule has 1 unspecified atom stereocenters. The molecule has 0 radical (unpaired) electrons. The smallest absolute Gasteiger partial charge is 0.407 e. The molecule has 4 heteroatoms. The lowest BCUT2D eigenvalue weighted by Gasteiger charge is -2.20. The quantitative estimate of drug-likeness (QED) is 0.707. The van der Waals surface area contributed by atoms with Crippen LogP contribution in [0.1, 0.15) is 44.7 Å². The molecular formula is C17H28N2O2. The summed E-state index contributed by atoms with van der Waals surface area (Å²) in [5.41, 5.74) is 1.13. The normalized spacial score (nSPS) is 12.2. The SMILES string of the molecule is CCN(CC)CCCCC(NC(=O)OC)c1ccccc1. The van der Waals surface area contributed by atoms with Crippen LogP contribution in [-0.2, 0) is 4.74 Å². The largest absolute Gasteiger partial charge is 0.453 e. The Labute approximate surface area is 128 Å². The van der Waals surface area contributed by atoms with E-state index in [-0.39, 0.29) is 12.1 Å². The van der Waals surface area contributed by atoms with E-state index in [0.29, 0.717) is 0 Å². The minimum atomic E-state index is -0.368. The van der Waals surface area contributed by atoms with E-state index in [1.807, 2.05) is 30.3 Å². The fourth-order valence-corrected chi connectivity index (χ4v) is 2.43. The summed E-state index contributed by atoms with van der Waals surface area (Å²) in [6.45, 7) is 7.69. The number of rotatable bonds is 9. The summed E-state index contributed by atoms with van der Waals surface area (Å²) in [4.78, 5) is 13.9. The second kappa shape index (κ2) is 10.2. The van der Waals surface area contributed by atoms with Crippen LogP contribution < -0.4 is 5.32 Å². The maximum Gasteiger partial charge on any atom is 0.407 e. The van der Waals surface area contributed by atoms with Crippen LogP contribution in [0.5, 0.6) is 0 Å². The van der Waals surface area contributed by atoms with Gasteiger partial charge in [-0.15, -0.1) is 0 Å². The summed E-state index contributed by atoms with van der Waals surface area (Å²) in [7, 11) is 1.40. The summed E-state index contributed by atoms with van der Waals surface area (Å²) in [6.07, 6.45) is 2.79. The van der Waals surface area contributed by atoms with Crippen molar-refractivity contribution in [2.24, 2.45) is 0 Å². The van der Waals surface area contributed by atoms with E-state index in [1.165, 1.54) is 7.11 Å². The molecule has 0 bridgehead atoms. The topological polar surface area (TPSA) is 41.6 Å². The highest BCUT2D eigenvalue weighted by molar-refractivity contribution is 5.67. The van der Waals surface area contributed by atoms with Crippen molar-refractivity contribution < 1.29 is 9.53 Å². The molecule has 0 spiro atoms. The molecule has 1 amide bonds. The van der Waals surface area contributed by atoms with Gasteiger partial charge >= 0.3 is 6.09 Å². The zero-order chi connectivity index (χ0) is 15.5. The van der Waals surface area contributed by atoms with Gasteiger partial charge in [-0.2, -0.15) is 0 Å². The monoisotopic (exact) mass is 292 g/mol. The molecule has 21 heavy (non-hydrogen) atoms. The number of benzene rings is 1. The molecule has 0 aliphatic carbocycles. The minimum Gasteiger partial charge on any atom is -0.453 e. The Morgan fingerprint density at radius 2 is 1.86 bits per heavy atom. The highest BCUT2D eigenvalue weighted by Crippen LogP contribution is 2.19. The van der Waals surface area contributed by atoms with Gasteiger partial charge in [0.15, 0.2) is 0 Å². The molecule has 0 saturated heterocycles. The minimum absolute atomic E-state index is 0.0235. The van der Waals surface area contributed by atoms with Crippen LogP contribution in [0, 0.1) is 0 Å². The van der Waals surface area contributed by atoms with Crippen LogP contribution in [-0.4, -0.2) is 37.7 Å². The number of nitrogens with zero attached hydrogens (tertiary/aromatic N) is 1. The Bertz CT molecular complexity index is 391. The van der Waals surface area contributed by atoms with Crippen molar-refractivity contribution in [3.63, 3.8) is 0 Å². The number of methoxy groups -OCH3 is 1. The molecule has 0 aromatic heterocycles. The summed E-state index contributed by atoms with van der Waals surface area (Å²) in [5, 5.41) is 2.92. The van der Waals surface area contributed by atoms with Gasteiger partial charge in [-0.3, -0.25) is 0 Å². The van der Waals surface area contributed by atoms with Crippen molar-refractivity contribution >= 4 is 6.09 Å². The first-order chi connectivity index (χ1) is 10.2. The van der Waals surface area contributed by atoms with E-state index in [2.05, 4.69) is 24.1 Å². The van der Waals surface area contributed by atoms with Crippen molar-refractivity contribution in [2.75, 3.05) is 26.7 Å². The van der Waals surface area contributed by atoms with Gasteiger partial charge in [0, 0.05) is 0 Å². The van der Waals surface area contributed by atoms with Gasteiger partial charge in [-0.25, -0.2) is 4.79 Å². The zero-order valence-corrected chi connectivity index (χ0v) is 13.5. The number of carbonyl (C=O) groups excluding carboxylic acids is 1. The van der Waals surface area contributed by atoms with Crippen molar-refractivity contribution in [3.8, 4) is 0 Å².